The van der Waals surface area contributed by atoms with Crippen LogP contribution in [0.1, 0.15) is 74.6 Å². The summed E-state index contributed by atoms with van der Waals surface area (Å²) in [7, 11) is 0. The smallest absolute Gasteiger partial charge is 0.249 e. The molecule has 0 saturated heterocycles. The van der Waals surface area contributed by atoms with E-state index in [-0.39, 0.29) is 54.4 Å². The SMILES string of the molecule is [2H]c1c([2H])c([2H])c2c(c1[2H])c1c([2H])c([2H])c([2H])c([2H])c1n2-c1ccc2c(c1)N(c1c(-c3ccccc3)cccc1-c1ccccc1)c1cc(-c3cc(C(C)(C)C)cc(C(C)(C)C)c3)cc3c1B2c1ccc2sc4ccc(-n5c6c([2H])c([2H])c([2H])c([2H])c6c6c([2H])c([2H])c([2H])c([2H])c65)cc4c2c1S3. The maximum Gasteiger partial charge on any atom is 0.249 e. The Bertz CT molecular complexity index is 6050. The molecule has 17 rings (SSSR count). The average Bonchev–Trinajstić information content (AvgIpc) is 1.27. The highest BCUT2D eigenvalue weighted by Crippen LogP contribution is 2.53. The van der Waals surface area contributed by atoms with Gasteiger partial charge in [0, 0.05) is 85.4 Å². The van der Waals surface area contributed by atoms with E-state index in [4.69, 9.17) is 11.0 Å². The molecule has 0 fully saturated rings. The third kappa shape index (κ3) is 7.82. The zero-order valence-corrected chi connectivity index (χ0v) is 49.4. The number of hydrogen-bond acceptors (Lipinski definition) is 3. The zero-order chi connectivity index (χ0) is 71.7. The summed E-state index contributed by atoms with van der Waals surface area (Å²) < 4.78 is 152. The van der Waals surface area contributed by atoms with Crippen LogP contribution in [0.4, 0.5) is 17.1 Å². The standard InChI is InChI=1S/C80H60BN3S2/c1-79(2,3)53-42-51(43-54(46-53)80(4,5)6)52-44-71-76-74(45-52)86-78-65(39-41-73-75(78)63-47-55(37-40-72(63)85-73)82-66-32-17-13-26-59(66)60-27-14-18-33-67(60)82)81(76)64-38-36-56(83-68-34-19-15-28-61(68)62-29-16-20-35-69(62)83)48-70(64)84(71)77-57(49-22-9-7-10-23-49)30-21-31-58(77)50-24-11-8-12-25-50/h7-48H,1-6H3/i13D,14D,15D,16D,17D,18D,19D,20D,26D,27D,28D,29D,32D,33D,34D,35D. The van der Waals surface area contributed by atoms with Crippen molar-refractivity contribution in [2.75, 3.05) is 4.90 Å². The van der Waals surface area contributed by atoms with Crippen molar-refractivity contribution in [1.82, 2.24) is 9.13 Å². The molecule has 0 amide bonds. The van der Waals surface area contributed by atoms with E-state index in [0.29, 0.717) is 17.1 Å². The van der Waals surface area contributed by atoms with Crippen molar-refractivity contribution in [1.29, 1.82) is 0 Å². The van der Waals surface area contributed by atoms with E-state index in [2.05, 4.69) is 131 Å². The highest BCUT2D eigenvalue weighted by atomic mass is 32.2. The average molecular weight is 1150 g/mol. The third-order valence-electron chi connectivity index (χ3n) is 17.4. The van der Waals surface area contributed by atoms with Gasteiger partial charge in [0.25, 0.3) is 0 Å². The van der Waals surface area contributed by atoms with E-state index in [1.165, 1.54) is 0 Å². The molecular formula is C80H60BN3S2. The zero-order valence-electron chi connectivity index (χ0n) is 63.7. The normalized spacial score (nSPS) is 15.7. The van der Waals surface area contributed by atoms with Crippen LogP contribution in [0.2, 0.25) is 0 Å². The predicted molar refractivity (Wildman–Crippen MR) is 372 cm³/mol. The summed E-state index contributed by atoms with van der Waals surface area (Å²) in [5.41, 5.74) is 13.4. The summed E-state index contributed by atoms with van der Waals surface area (Å²) in [4.78, 5) is 4.24. The highest BCUT2D eigenvalue weighted by Gasteiger charge is 2.43. The quantitative estimate of drug-likeness (QED) is 0.154. The third-order valence-corrected chi connectivity index (χ3v) is 19.7. The fourth-order valence-corrected chi connectivity index (χ4v) is 15.8. The van der Waals surface area contributed by atoms with Crippen LogP contribution in [0.25, 0.3) is 109 Å². The van der Waals surface area contributed by atoms with Gasteiger partial charge in [-0.2, -0.15) is 0 Å². The Labute approximate surface area is 533 Å². The van der Waals surface area contributed by atoms with Crippen molar-refractivity contribution >= 4 is 127 Å². The molecule has 86 heavy (non-hydrogen) atoms. The molecule has 0 aliphatic carbocycles. The Morgan fingerprint density at radius 2 is 0.895 bits per heavy atom. The van der Waals surface area contributed by atoms with Crippen molar-refractivity contribution in [3.05, 3.63) is 266 Å². The molecule has 0 spiro atoms. The summed E-state index contributed by atoms with van der Waals surface area (Å²) in [5, 5.41) is 1.61. The fourth-order valence-electron chi connectivity index (χ4n) is 13.2. The van der Waals surface area contributed by atoms with Crippen LogP contribution >= 0.6 is 23.1 Å². The number of hydrogen-bond donors (Lipinski definition) is 0. The van der Waals surface area contributed by atoms with Crippen LogP contribution in [-0.2, 0) is 10.8 Å². The largest absolute Gasteiger partial charge is 0.310 e. The molecule has 15 aromatic rings. The number of thiophene rings is 1. The van der Waals surface area contributed by atoms with Gasteiger partial charge in [-0.25, -0.2) is 0 Å². The number of aromatic nitrogens is 2. The van der Waals surface area contributed by atoms with Gasteiger partial charge in [0.05, 0.1) is 49.7 Å². The topological polar surface area (TPSA) is 13.1 Å². The van der Waals surface area contributed by atoms with E-state index in [1.807, 2.05) is 72.8 Å². The second kappa shape index (κ2) is 19.1. The van der Waals surface area contributed by atoms with Gasteiger partial charge in [-0.1, -0.05) is 240 Å². The summed E-state index contributed by atoms with van der Waals surface area (Å²) in [6, 6.07) is 46.8. The van der Waals surface area contributed by atoms with E-state index < -0.39 is 103 Å². The molecule has 0 radical (unpaired) electrons. The summed E-state index contributed by atoms with van der Waals surface area (Å²) in [5.74, 6) is 0. The predicted octanol–water partition coefficient (Wildman–Crippen LogP) is 20.6. The first-order chi connectivity index (χ1) is 48.6. The number of rotatable bonds is 6. The van der Waals surface area contributed by atoms with Crippen LogP contribution in [-0.4, -0.2) is 15.8 Å². The van der Waals surface area contributed by atoms with Gasteiger partial charge in [-0.05, 0) is 128 Å². The van der Waals surface area contributed by atoms with Crippen molar-refractivity contribution in [3.8, 4) is 44.8 Å². The fraction of sp³-hybridized carbons (Fsp3) is 0.100. The van der Waals surface area contributed by atoms with E-state index in [0.717, 1.165) is 102 Å². The molecule has 2 aliphatic rings. The molecule has 2 aliphatic heterocycles. The molecule has 0 atom stereocenters. The Kier molecular flexibility index (Phi) is 8.25. The molecule has 0 bridgehead atoms. The van der Waals surface area contributed by atoms with Gasteiger partial charge < -0.3 is 14.0 Å². The number of benzene rings is 12. The minimum atomic E-state index is -0.539. The van der Waals surface area contributed by atoms with Crippen LogP contribution < -0.4 is 21.3 Å². The molecule has 3 aromatic heterocycles. The van der Waals surface area contributed by atoms with Gasteiger partial charge in [0.15, 0.2) is 0 Å². The molecular weight excluding hydrogens is 1080 g/mol. The minimum Gasteiger partial charge on any atom is -0.310 e. The van der Waals surface area contributed by atoms with Crippen molar-refractivity contribution in [2.24, 2.45) is 0 Å². The second-order valence-electron chi connectivity index (χ2n) is 24.5. The molecule has 12 aromatic carbocycles. The van der Waals surface area contributed by atoms with Crippen molar-refractivity contribution < 1.29 is 21.9 Å². The first-order valence-electron chi connectivity index (χ1n) is 36.8. The monoisotopic (exact) mass is 1150 g/mol. The lowest BCUT2D eigenvalue weighted by molar-refractivity contribution is 0.569. The maximum absolute atomic E-state index is 9.69. The van der Waals surface area contributed by atoms with Crippen LogP contribution in [0.15, 0.2) is 264 Å². The minimum absolute atomic E-state index is 0.00884. The lowest BCUT2D eigenvalue weighted by Gasteiger charge is -2.42. The Morgan fingerprint density at radius 3 is 1.44 bits per heavy atom. The molecule has 0 saturated carbocycles. The molecule has 0 N–H and O–H groups in total. The number of nitrogens with zero attached hydrogens (tertiary/aromatic N) is 3. The first-order valence-corrected chi connectivity index (χ1v) is 30.4. The lowest BCUT2D eigenvalue weighted by atomic mass is 9.34. The number of fused-ring (bicyclic) bond motifs is 14. The lowest BCUT2D eigenvalue weighted by Crippen LogP contribution is -2.60. The van der Waals surface area contributed by atoms with Gasteiger partial charge in [0.2, 0.25) is 6.71 Å². The maximum atomic E-state index is 9.69. The van der Waals surface area contributed by atoms with E-state index >= 15 is 0 Å². The van der Waals surface area contributed by atoms with Crippen molar-refractivity contribution in [3.63, 3.8) is 0 Å². The molecule has 5 heterocycles. The molecule has 3 nitrogen and oxygen atoms in total. The highest BCUT2D eigenvalue weighted by molar-refractivity contribution is 8.00. The Balaban J connectivity index is 1.03. The summed E-state index contributed by atoms with van der Waals surface area (Å²) in [6.45, 7) is 12.8. The summed E-state index contributed by atoms with van der Waals surface area (Å²) >= 11 is 3.25. The Hall–Kier alpha value is -9.33. The van der Waals surface area contributed by atoms with E-state index in [9.17, 15) is 11.0 Å². The number of para-hydroxylation sites is 5. The molecule has 410 valence electrons. The summed E-state index contributed by atoms with van der Waals surface area (Å²) in [6.07, 6.45) is 0. The molecule has 0 unspecified atom stereocenters. The second-order valence-corrected chi connectivity index (χ2v) is 26.6. The van der Waals surface area contributed by atoms with Crippen molar-refractivity contribution in [2.45, 2.75) is 62.2 Å². The first kappa shape index (κ1) is 37.2. The Morgan fingerprint density at radius 1 is 0.407 bits per heavy atom. The van der Waals surface area contributed by atoms with Gasteiger partial charge >= 0.3 is 0 Å². The van der Waals surface area contributed by atoms with E-state index in [1.54, 1.807) is 32.2 Å². The van der Waals surface area contributed by atoms with Gasteiger partial charge in [-0.3, -0.25) is 0 Å². The number of anilines is 3. The van der Waals surface area contributed by atoms with Gasteiger partial charge in [0.1, 0.15) is 0 Å². The molecule has 6 heteroatoms. The van der Waals surface area contributed by atoms with Crippen LogP contribution in [0, 0.1) is 0 Å². The van der Waals surface area contributed by atoms with Crippen LogP contribution in [0.5, 0.6) is 0 Å². The van der Waals surface area contributed by atoms with Crippen LogP contribution in [0.3, 0.4) is 0 Å². The van der Waals surface area contributed by atoms with Gasteiger partial charge in [-0.15, -0.1) is 11.3 Å².